The van der Waals surface area contributed by atoms with Gasteiger partial charge in [-0.15, -0.1) is 11.3 Å². The first-order chi connectivity index (χ1) is 14.9. The number of benzene rings is 2. The maximum absolute atomic E-state index is 12.8. The van der Waals surface area contributed by atoms with Crippen molar-refractivity contribution in [2.24, 2.45) is 0 Å². The Bertz CT molecular complexity index is 1230. The Balaban J connectivity index is 1.55. The first kappa shape index (κ1) is 20.6. The van der Waals surface area contributed by atoms with Crippen LogP contribution >= 0.6 is 11.3 Å². The second-order valence-electron chi connectivity index (χ2n) is 7.14. The van der Waals surface area contributed by atoms with Crippen LogP contribution in [0.15, 0.2) is 60.0 Å². The lowest BCUT2D eigenvalue weighted by Gasteiger charge is -2.24. The largest absolute Gasteiger partial charge is 0.381 e. The number of thiophene rings is 1. The number of hydrogen-bond acceptors (Lipinski definition) is 6. The monoisotopic (exact) mass is 435 g/mol. The second-order valence-corrected chi connectivity index (χ2v) is 8.05. The fourth-order valence-corrected chi connectivity index (χ4v) is 4.04. The number of fused-ring (bicyclic) bond motifs is 1. The molecule has 2 unspecified atom stereocenters. The molecule has 0 aliphatic heterocycles. The number of nitrogens with one attached hydrogen (secondary N) is 3. The maximum Gasteiger partial charge on any atom is 0.261 e. The summed E-state index contributed by atoms with van der Waals surface area (Å²) in [4.78, 5) is 33.1. The third kappa shape index (κ3) is 4.57. The predicted octanol–water partition coefficient (Wildman–Crippen LogP) is 2.99. The van der Waals surface area contributed by atoms with Crippen molar-refractivity contribution in [3.63, 3.8) is 0 Å². The SMILES string of the molecule is Cc1csc(C(=O)NC(c2ccccc2)C(O)C(=O)Nc2ccc3nc(N)[nH]c3c2)c1. The van der Waals surface area contributed by atoms with Gasteiger partial charge in [0, 0.05) is 5.69 Å². The smallest absolute Gasteiger partial charge is 0.261 e. The molecule has 2 atom stereocenters. The van der Waals surface area contributed by atoms with Gasteiger partial charge in [-0.1, -0.05) is 30.3 Å². The molecular formula is C22H21N5O3S. The number of aliphatic hydroxyl groups is 1. The number of aromatic amines is 1. The third-order valence-electron chi connectivity index (χ3n) is 4.75. The maximum atomic E-state index is 12.8. The Morgan fingerprint density at radius 3 is 2.65 bits per heavy atom. The van der Waals surface area contributed by atoms with Gasteiger partial charge in [0.25, 0.3) is 11.8 Å². The summed E-state index contributed by atoms with van der Waals surface area (Å²) in [5.41, 5.74) is 9.03. The molecule has 0 saturated carbocycles. The molecule has 2 aromatic heterocycles. The van der Waals surface area contributed by atoms with Crippen molar-refractivity contribution in [1.29, 1.82) is 0 Å². The molecule has 8 nitrogen and oxygen atoms in total. The van der Waals surface area contributed by atoms with Crippen molar-refractivity contribution in [3.8, 4) is 0 Å². The van der Waals surface area contributed by atoms with Crippen LogP contribution in [0.2, 0.25) is 0 Å². The van der Waals surface area contributed by atoms with Gasteiger partial charge in [0.2, 0.25) is 0 Å². The minimum absolute atomic E-state index is 0.272. The molecule has 0 aliphatic rings. The minimum atomic E-state index is -1.52. The van der Waals surface area contributed by atoms with Crippen molar-refractivity contribution >= 4 is 45.8 Å². The van der Waals surface area contributed by atoms with Gasteiger partial charge in [0.15, 0.2) is 12.1 Å². The summed E-state index contributed by atoms with van der Waals surface area (Å²) in [5.74, 6) is -0.731. The zero-order chi connectivity index (χ0) is 22.0. The van der Waals surface area contributed by atoms with Gasteiger partial charge in [-0.25, -0.2) is 4.98 Å². The van der Waals surface area contributed by atoms with E-state index in [9.17, 15) is 14.7 Å². The molecule has 4 aromatic rings. The number of aryl methyl sites for hydroxylation is 1. The molecule has 0 fully saturated rings. The van der Waals surface area contributed by atoms with E-state index in [4.69, 9.17) is 5.73 Å². The van der Waals surface area contributed by atoms with E-state index in [0.717, 1.165) is 5.56 Å². The zero-order valence-electron chi connectivity index (χ0n) is 16.6. The second kappa shape index (κ2) is 8.58. The van der Waals surface area contributed by atoms with E-state index in [0.29, 0.717) is 27.2 Å². The van der Waals surface area contributed by atoms with Gasteiger partial charge >= 0.3 is 0 Å². The Morgan fingerprint density at radius 2 is 1.94 bits per heavy atom. The molecule has 0 spiro atoms. The number of nitrogens with zero attached hydrogens (tertiary/aromatic N) is 1. The van der Waals surface area contributed by atoms with Gasteiger partial charge in [-0.2, -0.15) is 0 Å². The fraction of sp³-hybridized carbons (Fsp3) is 0.136. The normalized spacial score (nSPS) is 13.0. The van der Waals surface area contributed by atoms with Crippen molar-refractivity contribution in [2.45, 2.75) is 19.1 Å². The summed E-state index contributed by atoms with van der Waals surface area (Å²) >= 11 is 1.31. The fourth-order valence-electron chi connectivity index (χ4n) is 3.24. The van der Waals surface area contributed by atoms with Crippen LogP contribution in [0.1, 0.15) is 26.8 Å². The number of rotatable bonds is 6. The van der Waals surface area contributed by atoms with Crippen molar-refractivity contribution in [2.75, 3.05) is 11.1 Å². The average Bonchev–Trinajstić information content (AvgIpc) is 3.36. The van der Waals surface area contributed by atoms with Crippen molar-refractivity contribution in [3.05, 3.63) is 76.0 Å². The molecule has 31 heavy (non-hydrogen) atoms. The number of nitrogen functional groups attached to an aromatic ring is 1. The number of aliphatic hydroxyl groups excluding tert-OH is 1. The third-order valence-corrected chi connectivity index (χ3v) is 5.80. The van der Waals surface area contributed by atoms with Crippen LogP contribution in [0.5, 0.6) is 0 Å². The lowest BCUT2D eigenvalue weighted by Crippen LogP contribution is -2.42. The molecule has 6 N–H and O–H groups in total. The molecule has 2 aromatic carbocycles. The summed E-state index contributed by atoms with van der Waals surface area (Å²) in [7, 11) is 0. The number of H-pyrrole nitrogens is 1. The highest BCUT2D eigenvalue weighted by molar-refractivity contribution is 7.12. The van der Waals surface area contributed by atoms with Crippen LogP contribution in [0.25, 0.3) is 11.0 Å². The number of imidazole rings is 1. The standard InChI is InChI=1S/C22H21N5O3S/c1-12-9-17(31-11-12)20(29)27-18(13-5-3-2-4-6-13)19(28)21(30)24-14-7-8-15-16(10-14)26-22(23)25-15/h2-11,18-19,28H,1H3,(H,24,30)(H,27,29)(H3,23,25,26). The Morgan fingerprint density at radius 1 is 1.16 bits per heavy atom. The Kier molecular flexibility index (Phi) is 5.70. The van der Waals surface area contributed by atoms with Crippen molar-refractivity contribution < 1.29 is 14.7 Å². The zero-order valence-corrected chi connectivity index (χ0v) is 17.4. The van der Waals surface area contributed by atoms with E-state index in [1.54, 1.807) is 48.5 Å². The van der Waals surface area contributed by atoms with Gasteiger partial charge in [-0.3, -0.25) is 9.59 Å². The minimum Gasteiger partial charge on any atom is -0.381 e. The molecule has 4 rings (SSSR count). The molecule has 158 valence electrons. The first-order valence-electron chi connectivity index (χ1n) is 9.56. The first-order valence-corrected chi connectivity index (χ1v) is 10.4. The lowest BCUT2D eigenvalue weighted by atomic mass is 10.0. The molecule has 2 amide bonds. The van der Waals surface area contributed by atoms with Crippen LogP contribution in [0, 0.1) is 6.92 Å². The summed E-state index contributed by atoms with van der Waals surface area (Å²) in [6.45, 7) is 1.90. The van der Waals surface area contributed by atoms with Crippen LogP contribution in [-0.4, -0.2) is 33.0 Å². The van der Waals surface area contributed by atoms with Crippen LogP contribution in [0.4, 0.5) is 11.6 Å². The predicted molar refractivity (Wildman–Crippen MR) is 121 cm³/mol. The molecule has 0 bridgehead atoms. The number of anilines is 2. The molecule has 0 saturated heterocycles. The van der Waals surface area contributed by atoms with Gasteiger partial charge in [0.1, 0.15) is 0 Å². The number of aromatic nitrogens is 2. The van der Waals surface area contributed by atoms with Crippen LogP contribution in [0.3, 0.4) is 0 Å². The number of amides is 2. The van der Waals surface area contributed by atoms with Crippen LogP contribution < -0.4 is 16.4 Å². The van der Waals surface area contributed by atoms with E-state index in [2.05, 4.69) is 20.6 Å². The summed E-state index contributed by atoms with van der Waals surface area (Å²) in [5, 5.41) is 18.2. The van der Waals surface area contributed by atoms with Crippen molar-refractivity contribution in [1.82, 2.24) is 15.3 Å². The number of carbonyl (C=O) groups is 2. The molecule has 0 aliphatic carbocycles. The topological polar surface area (TPSA) is 133 Å². The molecular weight excluding hydrogens is 414 g/mol. The summed E-state index contributed by atoms with van der Waals surface area (Å²) in [6, 6.07) is 14.8. The van der Waals surface area contributed by atoms with E-state index < -0.39 is 18.1 Å². The number of nitrogens with two attached hydrogens (primary N) is 1. The van der Waals surface area contributed by atoms with Gasteiger partial charge in [-0.05, 0) is 47.7 Å². The number of carbonyl (C=O) groups excluding carboxylic acids is 2. The summed E-state index contributed by atoms with van der Waals surface area (Å²) < 4.78 is 0. The van der Waals surface area contributed by atoms with E-state index in [-0.39, 0.29) is 11.9 Å². The Hall–Kier alpha value is -3.69. The summed E-state index contributed by atoms with van der Waals surface area (Å²) in [6.07, 6.45) is -1.52. The highest BCUT2D eigenvalue weighted by atomic mass is 32.1. The van der Waals surface area contributed by atoms with Crippen LogP contribution in [-0.2, 0) is 4.79 Å². The quantitative estimate of drug-likeness (QED) is 0.317. The highest BCUT2D eigenvalue weighted by Crippen LogP contribution is 2.23. The average molecular weight is 436 g/mol. The van der Waals surface area contributed by atoms with E-state index in [1.807, 2.05) is 18.4 Å². The molecule has 0 radical (unpaired) electrons. The Labute approximate surface area is 182 Å². The van der Waals surface area contributed by atoms with E-state index in [1.165, 1.54) is 11.3 Å². The van der Waals surface area contributed by atoms with Gasteiger partial charge < -0.3 is 26.5 Å². The lowest BCUT2D eigenvalue weighted by molar-refractivity contribution is -0.125. The van der Waals surface area contributed by atoms with E-state index >= 15 is 0 Å². The van der Waals surface area contributed by atoms with Gasteiger partial charge in [0.05, 0.1) is 22.0 Å². The number of hydrogen-bond donors (Lipinski definition) is 5. The highest BCUT2D eigenvalue weighted by Gasteiger charge is 2.30. The molecule has 9 heteroatoms. The molecule has 2 heterocycles.